The predicted molar refractivity (Wildman–Crippen MR) is 71.0 cm³/mol. The van der Waals surface area contributed by atoms with Crippen molar-refractivity contribution >= 4 is 0 Å². The maximum atomic E-state index is 10.7. The van der Waals surface area contributed by atoms with Gasteiger partial charge >= 0.3 is 0 Å². The minimum atomic E-state index is -0.174. The van der Waals surface area contributed by atoms with Crippen molar-refractivity contribution in [1.29, 1.82) is 0 Å². The lowest BCUT2D eigenvalue weighted by atomic mass is 9.74. The lowest BCUT2D eigenvalue weighted by molar-refractivity contribution is -0.164. The Labute approximate surface area is 115 Å². The van der Waals surface area contributed by atoms with Gasteiger partial charge in [-0.1, -0.05) is 0 Å². The number of aliphatic hydroxyl groups is 1. The van der Waals surface area contributed by atoms with Crippen molar-refractivity contribution in [2.45, 2.75) is 50.2 Å². The largest absolute Gasteiger partial charge is 0.393 e. The monoisotopic (exact) mass is 270 g/mol. The molecule has 4 nitrogen and oxygen atoms in total. The normalized spacial score (nSPS) is 34.3. The highest BCUT2D eigenvalue weighted by molar-refractivity contribution is 4.92. The first-order valence-corrected chi connectivity index (χ1v) is 7.77. The SMILES string of the molecule is OC(C1CCOCC1)C1CCOC2(CCOCC2)C1. The van der Waals surface area contributed by atoms with E-state index in [1.54, 1.807) is 0 Å². The number of hydrogen-bond acceptors (Lipinski definition) is 4. The standard InChI is InChI=1S/C15H26O4/c16-14(12-1-6-17-7-2-12)13-3-8-19-15(11-13)4-9-18-10-5-15/h12-14,16H,1-11H2. The van der Waals surface area contributed by atoms with Crippen LogP contribution >= 0.6 is 0 Å². The Bertz CT molecular complexity index is 276. The van der Waals surface area contributed by atoms with Crippen molar-refractivity contribution in [3.8, 4) is 0 Å². The van der Waals surface area contributed by atoms with Crippen LogP contribution in [-0.4, -0.2) is 49.8 Å². The zero-order chi connectivity index (χ0) is 13.1. The van der Waals surface area contributed by atoms with Crippen LogP contribution in [0.4, 0.5) is 0 Å². The highest BCUT2D eigenvalue weighted by Gasteiger charge is 2.42. The topological polar surface area (TPSA) is 47.9 Å². The van der Waals surface area contributed by atoms with Gasteiger partial charge in [0.1, 0.15) is 0 Å². The molecule has 0 aromatic carbocycles. The molecular formula is C15H26O4. The summed E-state index contributed by atoms with van der Waals surface area (Å²) in [5.41, 5.74) is -0.00663. The van der Waals surface area contributed by atoms with Gasteiger partial charge in [-0.15, -0.1) is 0 Å². The van der Waals surface area contributed by atoms with Crippen LogP contribution in [0.2, 0.25) is 0 Å². The summed E-state index contributed by atoms with van der Waals surface area (Å²) < 4.78 is 16.9. The predicted octanol–water partition coefficient (Wildman–Crippen LogP) is 1.75. The molecule has 0 aliphatic carbocycles. The molecular weight excluding hydrogens is 244 g/mol. The first-order valence-electron chi connectivity index (χ1n) is 7.77. The van der Waals surface area contributed by atoms with E-state index in [1.165, 1.54) is 0 Å². The molecule has 0 aromatic heterocycles. The summed E-state index contributed by atoms with van der Waals surface area (Å²) in [5.74, 6) is 0.823. The molecule has 0 bridgehead atoms. The maximum absolute atomic E-state index is 10.7. The number of rotatable bonds is 2. The second-order valence-electron chi connectivity index (χ2n) is 6.34. The van der Waals surface area contributed by atoms with Crippen molar-refractivity contribution in [3.05, 3.63) is 0 Å². The van der Waals surface area contributed by atoms with Crippen molar-refractivity contribution < 1.29 is 19.3 Å². The first kappa shape index (κ1) is 13.8. The van der Waals surface area contributed by atoms with Gasteiger partial charge < -0.3 is 19.3 Å². The van der Waals surface area contributed by atoms with Crippen LogP contribution in [0.3, 0.4) is 0 Å². The van der Waals surface area contributed by atoms with E-state index >= 15 is 0 Å². The molecule has 3 heterocycles. The third kappa shape index (κ3) is 3.13. The maximum Gasteiger partial charge on any atom is 0.0730 e. The van der Waals surface area contributed by atoms with Gasteiger partial charge in [-0.25, -0.2) is 0 Å². The highest BCUT2D eigenvalue weighted by Crippen LogP contribution is 2.40. The van der Waals surface area contributed by atoms with E-state index in [0.29, 0.717) is 11.8 Å². The van der Waals surface area contributed by atoms with Crippen LogP contribution in [0.25, 0.3) is 0 Å². The summed E-state index contributed by atoms with van der Waals surface area (Å²) in [7, 11) is 0. The molecule has 2 unspecified atom stereocenters. The zero-order valence-corrected chi connectivity index (χ0v) is 11.7. The average molecular weight is 270 g/mol. The quantitative estimate of drug-likeness (QED) is 0.830. The Morgan fingerprint density at radius 1 is 0.842 bits per heavy atom. The third-order valence-corrected chi connectivity index (χ3v) is 5.17. The highest BCUT2D eigenvalue weighted by atomic mass is 16.5. The third-order valence-electron chi connectivity index (χ3n) is 5.17. The van der Waals surface area contributed by atoms with Gasteiger partial charge in [0, 0.05) is 33.0 Å². The van der Waals surface area contributed by atoms with E-state index in [0.717, 1.165) is 71.6 Å². The van der Waals surface area contributed by atoms with Crippen LogP contribution in [0.1, 0.15) is 38.5 Å². The van der Waals surface area contributed by atoms with E-state index in [4.69, 9.17) is 14.2 Å². The fourth-order valence-electron chi connectivity index (χ4n) is 3.89. The Morgan fingerprint density at radius 3 is 2.21 bits per heavy atom. The Balaban J connectivity index is 1.60. The summed E-state index contributed by atoms with van der Waals surface area (Å²) in [4.78, 5) is 0. The number of ether oxygens (including phenoxy) is 3. The van der Waals surface area contributed by atoms with E-state index in [-0.39, 0.29) is 11.7 Å². The van der Waals surface area contributed by atoms with Crippen LogP contribution < -0.4 is 0 Å². The van der Waals surface area contributed by atoms with Gasteiger partial charge in [0.15, 0.2) is 0 Å². The molecule has 1 spiro atoms. The van der Waals surface area contributed by atoms with Gasteiger partial charge in [0.25, 0.3) is 0 Å². The first-order chi connectivity index (χ1) is 9.29. The van der Waals surface area contributed by atoms with Crippen molar-refractivity contribution in [2.75, 3.05) is 33.0 Å². The van der Waals surface area contributed by atoms with Crippen molar-refractivity contribution in [2.24, 2.45) is 11.8 Å². The lowest BCUT2D eigenvalue weighted by Gasteiger charge is -2.45. The molecule has 3 rings (SSSR count). The molecule has 3 aliphatic heterocycles. The molecule has 0 aromatic rings. The molecule has 0 saturated carbocycles. The van der Waals surface area contributed by atoms with E-state index < -0.39 is 0 Å². The molecule has 0 radical (unpaired) electrons. The zero-order valence-electron chi connectivity index (χ0n) is 11.7. The molecule has 3 fully saturated rings. The van der Waals surface area contributed by atoms with Crippen LogP contribution in [-0.2, 0) is 14.2 Å². The molecule has 110 valence electrons. The summed E-state index contributed by atoms with van der Waals surface area (Å²) in [5, 5.41) is 10.7. The average Bonchev–Trinajstić information content (AvgIpc) is 2.48. The van der Waals surface area contributed by atoms with Crippen molar-refractivity contribution in [1.82, 2.24) is 0 Å². The Morgan fingerprint density at radius 2 is 1.47 bits per heavy atom. The van der Waals surface area contributed by atoms with Gasteiger partial charge in [-0.2, -0.15) is 0 Å². The molecule has 19 heavy (non-hydrogen) atoms. The van der Waals surface area contributed by atoms with E-state index in [1.807, 2.05) is 0 Å². The number of hydrogen-bond donors (Lipinski definition) is 1. The van der Waals surface area contributed by atoms with Gasteiger partial charge in [0.2, 0.25) is 0 Å². The summed E-state index contributed by atoms with van der Waals surface area (Å²) >= 11 is 0. The molecule has 3 aliphatic rings. The molecule has 2 atom stereocenters. The van der Waals surface area contributed by atoms with Gasteiger partial charge in [-0.05, 0) is 50.4 Å². The fourth-order valence-corrected chi connectivity index (χ4v) is 3.89. The van der Waals surface area contributed by atoms with Gasteiger partial charge in [0.05, 0.1) is 11.7 Å². The summed E-state index contributed by atoms with van der Waals surface area (Å²) in [6.45, 7) is 4.03. The van der Waals surface area contributed by atoms with Crippen LogP contribution in [0, 0.1) is 11.8 Å². The molecule has 3 saturated heterocycles. The summed E-state index contributed by atoms with van der Waals surface area (Å²) in [6, 6.07) is 0. The smallest absolute Gasteiger partial charge is 0.0730 e. The minimum Gasteiger partial charge on any atom is -0.393 e. The van der Waals surface area contributed by atoms with E-state index in [2.05, 4.69) is 0 Å². The second kappa shape index (κ2) is 6.08. The van der Waals surface area contributed by atoms with Crippen LogP contribution in [0.5, 0.6) is 0 Å². The summed E-state index contributed by atoms with van der Waals surface area (Å²) in [6.07, 6.45) is 5.83. The Hall–Kier alpha value is -0.160. The fraction of sp³-hybridized carbons (Fsp3) is 1.00. The number of aliphatic hydroxyl groups excluding tert-OH is 1. The Kier molecular flexibility index (Phi) is 4.42. The molecule has 1 N–H and O–H groups in total. The van der Waals surface area contributed by atoms with Gasteiger partial charge in [-0.3, -0.25) is 0 Å². The lowest BCUT2D eigenvalue weighted by Crippen LogP contribution is -2.48. The minimum absolute atomic E-state index is 0.00663. The second-order valence-corrected chi connectivity index (χ2v) is 6.34. The van der Waals surface area contributed by atoms with Crippen molar-refractivity contribution in [3.63, 3.8) is 0 Å². The van der Waals surface area contributed by atoms with Crippen LogP contribution in [0.15, 0.2) is 0 Å². The molecule has 0 amide bonds. The molecule has 4 heteroatoms. The van der Waals surface area contributed by atoms with E-state index in [9.17, 15) is 5.11 Å².